The monoisotopic (exact) mass is 352 g/mol. The van der Waals surface area contributed by atoms with Crippen molar-refractivity contribution < 1.29 is 9.53 Å². The molecular formula is C19H29ClN2O2. The van der Waals surface area contributed by atoms with Gasteiger partial charge in [0.2, 0.25) is 5.91 Å². The number of rotatable bonds is 6. The first-order valence-electron chi connectivity index (χ1n) is 8.67. The number of hydrogen-bond acceptors (Lipinski definition) is 3. The van der Waals surface area contributed by atoms with Crippen LogP contribution in [0.3, 0.4) is 0 Å². The van der Waals surface area contributed by atoms with Gasteiger partial charge in [0.1, 0.15) is 0 Å². The molecule has 1 amide bonds. The van der Waals surface area contributed by atoms with E-state index in [1.54, 1.807) is 0 Å². The van der Waals surface area contributed by atoms with Crippen LogP contribution in [0.5, 0.6) is 0 Å². The van der Waals surface area contributed by atoms with Gasteiger partial charge >= 0.3 is 0 Å². The second-order valence-corrected chi connectivity index (χ2v) is 7.84. The Morgan fingerprint density at radius 2 is 1.83 bits per heavy atom. The molecule has 1 aliphatic rings. The van der Waals surface area contributed by atoms with E-state index in [1.807, 2.05) is 24.3 Å². The summed E-state index contributed by atoms with van der Waals surface area (Å²) >= 11 is 5.97. The van der Waals surface area contributed by atoms with Crippen LogP contribution in [0.2, 0.25) is 5.02 Å². The van der Waals surface area contributed by atoms with Crippen molar-refractivity contribution in [1.82, 2.24) is 10.2 Å². The molecule has 0 saturated carbocycles. The minimum atomic E-state index is -0.164. The third-order valence-corrected chi connectivity index (χ3v) is 4.99. The maximum absolute atomic E-state index is 12.8. The summed E-state index contributed by atoms with van der Waals surface area (Å²) in [6, 6.07) is 7.58. The standard InChI is InChI=1S/C19H29ClN2O2/c1-14(2)17(15-5-7-16(20)8-6-15)18(23)21-13-19(3,4)22-9-11-24-12-10-22/h5-8,14,17H,9-13H2,1-4H3,(H,21,23)/t17-/m1/s1. The van der Waals surface area contributed by atoms with Crippen LogP contribution in [-0.2, 0) is 9.53 Å². The molecule has 0 aliphatic carbocycles. The molecule has 1 heterocycles. The Bertz CT molecular complexity index is 537. The topological polar surface area (TPSA) is 41.6 Å². The molecule has 0 unspecified atom stereocenters. The number of halogens is 1. The molecule has 1 aliphatic heterocycles. The Labute approximate surface area is 150 Å². The maximum Gasteiger partial charge on any atom is 0.227 e. The molecular weight excluding hydrogens is 324 g/mol. The average molecular weight is 353 g/mol. The zero-order valence-electron chi connectivity index (χ0n) is 15.1. The van der Waals surface area contributed by atoms with Gasteiger partial charge in [0, 0.05) is 30.2 Å². The van der Waals surface area contributed by atoms with E-state index in [1.165, 1.54) is 0 Å². The fourth-order valence-electron chi connectivity index (χ4n) is 3.20. The zero-order chi connectivity index (χ0) is 17.7. The van der Waals surface area contributed by atoms with Gasteiger partial charge in [0.15, 0.2) is 0 Å². The van der Waals surface area contributed by atoms with E-state index in [2.05, 4.69) is 37.9 Å². The summed E-state index contributed by atoms with van der Waals surface area (Å²) in [4.78, 5) is 15.2. The summed E-state index contributed by atoms with van der Waals surface area (Å²) in [6.07, 6.45) is 0. The lowest BCUT2D eigenvalue weighted by Gasteiger charge is -2.41. The number of hydrogen-bond donors (Lipinski definition) is 1. The summed E-state index contributed by atoms with van der Waals surface area (Å²) in [5, 5.41) is 3.85. The molecule has 24 heavy (non-hydrogen) atoms. The molecule has 1 atom stereocenters. The summed E-state index contributed by atoms with van der Waals surface area (Å²) in [6.45, 7) is 12.5. The van der Waals surface area contributed by atoms with Crippen LogP contribution in [0, 0.1) is 5.92 Å². The molecule has 2 rings (SSSR count). The minimum Gasteiger partial charge on any atom is -0.379 e. The third-order valence-electron chi connectivity index (χ3n) is 4.74. The van der Waals surface area contributed by atoms with Gasteiger partial charge in [-0.25, -0.2) is 0 Å². The van der Waals surface area contributed by atoms with Gasteiger partial charge in [-0.2, -0.15) is 0 Å². The minimum absolute atomic E-state index is 0.0775. The molecule has 4 nitrogen and oxygen atoms in total. The lowest BCUT2D eigenvalue weighted by Crippen LogP contribution is -2.55. The molecule has 134 valence electrons. The summed E-state index contributed by atoms with van der Waals surface area (Å²) < 4.78 is 5.42. The second-order valence-electron chi connectivity index (χ2n) is 7.40. The summed E-state index contributed by atoms with van der Waals surface area (Å²) in [7, 11) is 0. The number of benzene rings is 1. The molecule has 1 aromatic rings. The van der Waals surface area contributed by atoms with Crippen LogP contribution in [0.1, 0.15) is 39.2 Å². The number of nitrogens with zero attached hydrogens (tertiary/aromatic N) is 1. The fourth-order valence-corrected chi connectivity index (χ4v) is 3.33. The van der Waals surface area contributed by atoms with Crippen molar-refractivity contribution in [3.63, 3.8) is 0 Å². The van der Waals surface area contributed by atoms with E-state index in [0.29, 0.717) is 11.6 Å². The summed E-state index contributed by atoms with van der Waals surface area (Å²) in [5.41, 5.74) is 0.928. The molecule has 0 aromatic heterocycles. The van der Waals surface area contributed by atoms with Crippen molar-refractivity contribution in [3.8, 4) is 0 Å². The molecule has 1 aromatic carbocycles. The Hall–Kier alpha value is -1.10. The first kappa shape index (κ1) is 19.2. The van der Waals surface area contributed by atoms with Gasteiger partial charge in [-0.1, -0.05) is 37.6 Å². The van der Waals surface area contributed by atoms with Crippen molar-refractivity contribution in [3.05, 3.63) is 34.9 Å². The van der Waals surface area contributed by atoms with Gasteiger partial charge in [-0.15, -0.1) is 0 Å². The Kier molecular flexibility index (Phi) is 6.67. The number of nitrogens with one attached hydrogen (secondary N) is 1. The molecule has 0 spiro atoms. The van der Waals surface area contributed by atoms with Gasteiger partial charge in [0.05, 0.1) is 19.1 Å². The first-order chi connectivity index (χ1) is 11.3. The number of morpholine rings is 1. The van der Waals surface area contributed by atoms with E-state index in [9.17, 15) is 4.79 Å². The molecule has 0 bridgehead atoms. The van der Waals surface area contributed by atoms with E-state index in [-0.39, 0.29) is 23.3 Å². The van der Waals surface area contributed by atoms with Crippen LogP contribution in [0.25, 0.3) is 0 Å². The van der Waals surface area contributed by atoms with E-state index < -0.39 is 0 Å². The van der Waals surface area contributed by atoms with Crippen LogP contribution in [0.15, 0.2) is 24.3 Å². The van der Waals surface area contributed by atoms with Crippen LogP contribution in [-0.4, -0.2) is 49.2 Å². The number of carbonyl (C=O) groups excluding carboxylic acids is 1. The highest BCUT2D eigenvalue weighted by Crippen LogP contribution is 2.26. The molecule has 1 saturated heterocycles. The Morgan fingerprint density at radius 1 is 1.25 bits per heavy atom. The largest absolute Gasteiger partial charge is 0.379 e. The normalized spacial score (nSPS) is 17.8. The lowest BCUT2D eigenvalue weighted by molar-refractivity contribution is -0.124. The van der Waals surface area contributed by atoms with Crippen molar-refractivity contribution in [2.75, 3.05) is 32.8 Å². The Morgan fingerprint density at radius 3 is 2.38 bits per heavy atom. The van der Waals surface area contributed by atoms with Gasteiger partial charge in [-0.05, 0) is 37.5 Å². The van der Waals surface area contributed by atoms with Crippen LogP contribution in [0.4, 0.5) is 0 Å². The van der Waals surface area contributed by atoms with Crippen molar-refractivity contribution in [1.29, 1.82) is 0 Å². The van der Waals surface area contributed by atoms with Crippen molar-refractivity contribution in [2.45, 2.75) is 39.2 Å². The smallest absolute Gasteiger partial charge is 0.227 e. The number of amides is 1. The summed E-state index contributed by atoms with van der Waals surface area (Å²) in [5.74, 6) is 0.133. The van der Waals surface area contributed by atoms with Gasteiger partial charge in [0.25, 0.3) is 0 Å². The first-order valence-corrected chi connectivity index (χ1v) is 9.05. The molecule has 1 fully saturated rings. The van der Waals surface area contributed by atoms with E-state index >= 15 is 0 Å². The van der Waals surface area contributed by atoms with E-state index in [0.717, 1.165) is 31.9 Å². The van der Waals surface area contributed by atoms with E-state index in [4.69, 9.17) is 16.3 Å². The zero-order valence-corrected chi connectivity index (χ0v) is 15.9. The lowest BCUT2D eigenvalue weighted by atomic mass is 9.87. The Balaban J connectivity index is 2.01. The average Bonchev–Trinajstić information content (AvgIpc) is 2.56. The van der Waals surface area contributed by atoms with Crippen molar-refractivity contribution >= 4 is 17.5 Å². The maximum atomic E-state index is 12.8. The predicted molar refractivity (Wildman–Crippen MR) is 98.5 cm³/mol. The number of carbonyl (C=O) groups is 1. The highest BCUT2D eigenvalue weighted by atomic mass is 35.5. The highest BCUT2D eigenvalue weighted by Gasteiger charge is 2.30. The van der Waals surface area contributed by atoms with Gasteiger partial charge in [-0.3, -0.25) is 9.69 Å². The number of ether oxygens (including phenoxy) is 1. The second kappa shape index (κ2) is 8.32. The van der Waals surface area contributed by atoms with Crippen LogP contribution >= 0.6 is 11.6 Å². The molecule has 0 radical (unpaired) electrons. The predicted octanol–water partition coefficient (Wildman–Crippen LogP) is 3.31. The SMILES string of the molecule is CC(C)[C@@H](C(=O)NCC(C)(C)N1CCOCC1)c1ccc(Cl)cc1. The van der Waals surface area contributed by atoms with Crippen molar-refractivity contribution in [2.24, 2.45) is 5.92 Å². The highest BCUT2D eigenvalue weighted by molar-refractivity contribution is 6.30. The van der Waals surface area contributed by atoms with Gasteiger partial charge < -0.3 is 10.1 Å². The third kappa shape index (κ3) is 4.95. The fraction of sp³-hybridized carbons (Fsp3) is 0.632. The molecule has 1 N–H and O–H groups in total. The molecule has 5 heteroatoms. The quantitative estimate of drug-likeness (QED) is 0.854. The van der Waals surface area contributed by atoms with Crippen LogP contribution < -0.4 is 5.32 Å².